The second kappa shape index (κ2) is 12.0. The molecule has 0 saturated carbocycles. The fraction of sp³-hybridized carbons (Fsp3) is 0.0192. The first-order valence-electron chi connectivity index (χ1n) is 19.0. The molecule has 0 bridgehead atoms. The summed E-state index contributed by atoms with van der Waals surface area (Å²) < 4.78 is 2.42. The highest BCUT2D eigenvalue weighted by atomic mass is 32.1. The standard InChI is InChI=1S/C52H31N3S/c1-2-16-32(17-3-1)33-18-4-5-22-38(33)49-53-50(55-51(54-49)41-26-14-24-37-36-21-9-13-31-46(36)56-48(37)41)40-25-15-30-45-47(40)39-23-8-12-29-44(39)52(45)42-27-10-6-19-34(42)35-20-7-11-28-43(35)52/h1-31H. The van der Waals surface area contributed by atoms with Crippen LogP contribution in [0.15, 0.2) is 188 Å². The molecule has 4 heteroatoms. The van der Waals surface area contributed by atoms with Gasteiger partial charge in [-0.15, -0.1) is 11.3 Å². The molecule has 0 aliphatic heterocycles. The van der Waals surface area contributed by atoms with Gasteiger partial charge >= 0.3 is 0 Å². The maximum atomic E-state index is 5.46. The van der Waals surface area contributed by atoms with Crippen molar-refractivity contribution in [3.05, 3.63) is 210 Å². The molecule has 8 aromatic carbocycles. The molecule has 0 radical (unpaired) electrons. The Bertz CT molecular complexity index is 3170. The molecule has 260 valence electrons. The Balaban J connectivity index is 1.16. The molecule has 0 N–H and O–H groups in total. The summed E-state index contributed by atoms with van der Waals surface area (Å²) in [6.07, 6.45) is 0. The van der Waals surface area contributed by atoms with Crippen LogP contribution in [0.5, 0.6) is 0 Å². The van der Waals surface area contributed by atoms with E-state index in [9.17, 15) is 0 Å². The Morgan fingerprint density at radius 3 is 1.52 bits per heavy atom. The second-order valence-corrected chi connectivity index (χ2v) is 15.7. The first kappa shape index (κ1) is 31.4. The van der Waals surface area contributed by atoms with Crippen LogP contribution in [0.2, 0.25) is 0 Å². The van der Waals surface area contributed by atoms with Crippen LogP contribution in [-0.2, 0) is 5.41 Å². The van der Waals surface area contributed by atoms with E-state index in [2.05, 4.69) is 188 Å². The van der Waals surface area contributed by atoms with E-state index in [1.807, 2.05) is 0 Å². The van der Waals surface area contributed by atoms with Crippen molar-refractivity contribution in [3.63, 3.8) is 0 Å². The van der Waals surface area contributed by atoms with Gasteiger partial charge in [0.25, 0.3) is 0 Å². The van der Waals surface area contributed by atoms with Crippen molar-refractivity contribution in [2.24, 2.45) is 0 Å². The third-order valence-corrected chi connectivity index (χ3v) is 13.0. The number of hydrogen-bond acceptors (Lipinski definition) is 4. The molecular formula is C52H31N3S. The van der Waals surface area contributed by atoms with E-state index in [1.54, 1.807) is 11.3 Å². The highest BCUT2D eigenvalue weighted by Gasteiger charge is 2.52. The van der Waals surface area contributed by atoms with Crippen molar-refractivity contribution in [3.8, 4) is 67.5 Å². The summed E-state index contributed by atoms with van der Waals surface area (Å²) in [5, 5.41) is 2.46. The summed E-state index contributed by atoms with van der Waals surface area (Å²) in [5.74, 6) is 1.98. The van der Waals surface area contributed by atoms with Gasteiger partial charge in [0.1, 0.15) is 0 Å². The average Bonchev–Trinajstić information content (AvgIpc) is 3.91. The Labute approximate surface area is 328 Å². The number of thiophene rings is 1. The van der Waals surface area contributed by atoms with Gasteiger partial charge in [0.15, 0.2) is 17.5 Å². The Kier molecular flexibility index (Phi) is 6.72. The summed E-state index contributed by atoms with van der Waals surface area (Å²) in [7, 11) is 0. The molecular weight excluding hydrogens is 699 g/mol. The monoisotopic (exact) mass is 729 g/mol. The van der Waals surface area contributed by atoms with Crippen LogP contribution in [0.25, 0.3) is 87.7 Å². The number of aromatic nitrogens is 3. The van der Waals surface area contributed by atoms with E-state index in [1.165, 1.54) is 64.7 Å². The maximum Gasteiger partial charge on any atom is 0.165 e. The Morgan fingerprint density at radius 1 is 0.321 bits per heavy atom. The lowest BCUT2D eigenvalue weighted by Crippen LogP contribution is -2.25. The van der Waals surface area contributed by atoms with Crippen molar-refractivity contribution < 1.29 is 0 Å². The van der Waals surface area contributed by atoms with Gasteiger partial charge in [0.05, 0.1) is 5.41 Å². The summed E-state index contributed by atoms with van der Waals surface area (Å²) in [6, 6.07) is 67.6. The van der Waals surface area contributed by atoms with Gasteiger partial charge in [-0.1, -0.05) is 176 Å². The summed E-state index contributed by atoms with van der Waals surface area (Å²) in [5.41, 5.74) is 14.9. The minimum Gasteiger partial charge on any atom is -0.208 e. The number of nitrogens with zero attached hydrogens (tertiary/aromatic N) is 3. The fourth-order valence-electron chi connectivity index (χ4n) is 9.54. The van der Waals surface area contributed by atoms with Crippen LogP contribution in [0, 0.1) is 0 Å². The van der Waals surface area contributed by atoms with Gasteiger partial charge in [-0.05, 0) is 67.8 Å². The zero-order chi connectivity index (χ0) is 36.8. The minimum absolute atomic E-state index is 0.462. The average molecular weight is 730 g/mol. The van der Waals surface area contributed by atoms with Gasteiger partial charge in [-0.2, -0.15) is 0 Å². The van der Waals surface area contributed by atoms with Crippen LogP contribution in [-0.4, -0.2) is 15.0 Å². The zero-order valence-corrected chi connectivity index (χ0v) is 31.0. The summed E-state index contributed by atoms with van der Waals surface area (Å²) >= 11 is 1.80. The summed E-state index contributed by atoms with van der Waals surface area (Å²) in [4.78, 5) is 16.3. The van der Waals surface area contributed by atoms with Crippen LogP contribution >= 0.6 is 11.3 Å². The zero-order valence-electron chi connectivity index (χ0n) is 30.1. The Hall–Kier alpha value is -7.01. The van der Waals surface area contributed by atoms with E-state index in [0.717, 1.165) is 27.8 Å². The molecule has 0 amide bonds. The third-order valence-electron chi connectivity index (χ3n) is 11.8. The van der Waals surface area contributed by atoms with Crippen molar-refractivity contribution in [2.45, 2.75) is 5.41 Å². The van der Waals surface area contributed by atoms with Gasteiger partial charge < -0.3 is 0 Å². The molecule has 2 heterocycles. The van der Waals surface area contributed by atoms with Crippen LogP contribution < -0.4 is 0 Å². The van der Waals surface area contributed by atoms with E-state index in [-0.39, 0.29) is 0 Å². The van der Waals surface area contributed by atoms with Gasteiger partial charge in [0, 0.05) is 36.9 Å². The summed E-state index contributed by atoms with van der Waals surface area (Å²) in [6.45, 7) is 0. The van der Waals surface area contributed by atoms with E-state index in [4.69, 9.17) is 15.0 Å². The molecule has 2 aliphatic carbocycles. The third kappa shape index (κ3) is 4.30. The number of rotatable bonds is 4. The van der Waals surface area contributed by atoms with Gasteiger partial charge in [-0.25, -0.2) is 15.0 Å². The Morgan fingerprint density at radius 2 is 0.786 bits per heavy atom. The number of benzene rings is 8. The van der Waals surface area contributed by atoms with Crippen molar-refractivity contribution >= 4 is 31.5 Å². The highest BCUT2D eigenvalue weighted by Crippen LogP contribution is 2.63. The number of fused-ring (bicyclic) bond motifs is 13. The molecule has 3 nitrogen and oxygen atoms in total. The molecule has 56 heavy (non-hydrogen) atoms. The topological polar surface area (TPSA) is 38.7 Å². The fourth-order valence-corrected chi connectivity index (χ4v) is 10.7. The quantitative estimate of drug-likeness (QED) is 0.181. The highest BCUT2D eigenvalue weighted by molar-refractivity contribution is 7.26. The smallest absolute Gasteiger partial charge is 0.165 e. The van der Waals surface area contributed by atoms with Crippen LogP contribution in [0.3, 0.4) is 0 Å². The van der Waals surface area contributed by atoms with E-state index in [0.29, 0.717) is 17.5 Å². The molecule has 0 atom stereocenters. The molecule has 2 aliphatic rings. The van der Waals surface area contributed by atoms with E-state index < -0.39 is 5.41 Å². The predicted octanol–water partition coefficient (Wildman–Crippen LogP) is 13.3. The first-order chi connectivity index (χ1) is 27.8. The van der Waals surface area contributed by atoms with Crippen molar-refractivity contribution in [1.82, 2.24) is 15.0 Å². The molecule has 12 rings (SSSR count). The van der Waals surface area contributed by atoms with Crippen LogP contribution in [0.1, 0.15) is 22.3 Å². The van der Waals surface area contributed by atoms with Gasteiger partial charge in [0.2, 0.25) is 0 Å². The maximum absolute atomic E-state index is 5.46. The van der Waals surface area contributed by atoms with Crippen molar-refractivity contribution in [2.75, 3.05) is 0 Å². The minimum atomic E-state index is -0.462. The molecule has 2 aromatic heterocycles. The number of hydrogen-bond donors (Lipinski definition) is 0. The molecule has 1 spiro atoms. The SMILES string of the molecule is c1ccc(-c2ccccc2-c2nc(-c3cccc4c3-c3ccccc3C43c4ccccc4-c4ccccc43)nc(-c3cccc4c3sc3ccccc34)n2)cc1. The van der Waals surface area contributed by atoms with Gasteiger partial charge in [-0.3, -0.25) is 0 Å². The lowest BCUT2D eigenvalue weighted by atomic mass is 9.70. The molecule has 0 fully saturated rings. The lowest BCUT2D eigenvalue weighted by Gasteiger charge is -2.30. The molecule has 0 saturated heterocycles. The lowest BCUT2D eigenvalue weighted by molar-refractivity contribution is 0.794. The van der Waals surface area contributed by atoms with Crippen molar-refractivity contribution in [1.29, 1.82) is 0 Å². The normalized spacial score (nSPS) is 13.1. The molecule has 10 aromatic rings. The molecule has 0 unspecified atom stereocenters. The van der Waals surface area contributed by atoms with E-state index >= 15 is 0 Å². The second-order valence-electron chi connectivity index (χ2n) is 14.6. The van der Waals surface area contributed by atoms with Crippen LogP contribution in [0.4, 0.5) is 0 Å². The first-order valence-corrected chi connectivity index (χ1v) is 19.9. The largest absolute Gasteiger partial charge is 0.208 e. The predicted molar refractivity (Wildman–Crippen MR) is 231 cm³/mol.